The van der Waals surface area contributed by atoms with E-state index in [0.717, 1.165) is 17.8 Å². The normalized spacial score (nSPS) is 10.2. The average Bonchev–Trinajstić information content (AvgIpc) is 2.89. The van der Waals surface area contributed by atoms with Crippen LogP contribution in [-0.2, 0) is 6.54 Å². The summed E-state index contributed by atoms with van der Waals surface area (Å²) in [6.07, 6.45) is 1.41. The molecule has 0 fully saturated rings. The number of H-pyrrole nitrogens is 1. The largest absolute Gasteiger partial charge is 0.385 e. The van der Waals surface area contributed by atoms with Crippen LogP contribution in [0, 0.1) is 6.92 Å². The minimum absolute atomic E-state index is 0.114. The van der Waals surface area contributed by atoms with E-state index in [9.17, 15) is 4.79 Å². The molecule has 0 radical (unpaired) electrons. The van der Waals surface area contributed by atoms with Gasteiger partial charge in [0.05, 0.1) is 6.54 Å². The number of aryl methyl sites for hydroxylation is 1. The molecule has 2 rings (SSSR count). The number of carbonyl (C=O) groups excluding carboxylic acids is 1. The van der Waals surface area contributed by atoms with Crippen molar-refractivity contribution in [1.82, 2.24) is 20.5 Å². The zero-order valence-electron chi connectivity index (χ0n) is 11.0. The molecule has 3 N–H and O–H groups in total. The number of aromatic nitrogens is 3. The first-order valence-corrected chi connectivity index (χ1v) is 6.17. The predicted molar refractivity (Wildman–Crippen MR) is 72.9 cm³/mol. The third-order valence-corrected chi connectivity index (χ3v) is 2.73. The van der Waals surface area contributed by atoms with E-state index in [4.69, 9.17) is 0 Å². The molecule has 6 heteroatoms. The summed E-state index contributed by atoms with van der Waals surface area (Å²) in [6.45, 7) is 5.15. The molecule has 100 valence electrons. The Morgan fingerprint density at radius 3 is 2.89 bits per heavy atom. The van der Waals surface area contributed by atoms with Crippen molar-refractivity contribution in [3.05, 3.63) is 41.5 Å². The van der Waals surface area contributed by atoms with Crippen molar-refractivity contribution < 1.29 is 4.79 Å². The first kappa shape index (κ1) is 13.1. The molecular formula is C13H17N5O. The molecule has 0 aliphatic rings. The molecule has 0 aliphatic heterocycles. The Morgan fingerprint density at radius 2 is 2.26 bits per heavy atom. The molecule has 0 atom stereocenters. The molecule has 6 nitrogen and oxygen atoms in total. The van der Waals surface area contributed by atoms with Crippen molar-refractivity contribution >= 4 is 11.6 Å². The number of aromatic amines is 1. The number of nitrogens with one attached hydrogen (secondary N) is 3. The lowest BCUT2D eigenvalue weighted by Crippen LogP contribution is -2.24. The van der Waals surface area contributed by atoms with E-state index >= 15 is 0 Å². The number of amides is 1. The van der Waals surface area contributed by atoms with Crippen LogP contribution in [0.25, 0.3) is 0 Å². The summed E-state index contributed by atoms with van der Waals surface area (Å²) in [5.41, 5.74) is 2.63. The standard InChI is InChI=1S/C13H17N5O/c1-3-14-10-4-5-11(9(2)6-10)13(19)15-7-12-16-8-17-18-12/h4-6,8,14H,3,7H2,1-2H3,(H,15,19)(H,16,17,18). The summed E-state index contributed by atoms with van der Waals surface area (Å²) in [6, 6.07) is 5.69. The zero-order chi connectivity index (χ0) is 13.7. The van der Waals surface area contributed by atoms with Crippen LogP contribution < -0.4 is 10.6 Å². The van der Waals surface area contributed by atoms with E-state index in [0.29, 0.717) is 17.9 Å². The Morgan fingerprint density at radius 1 is 1.42 bits per heavy atom. The van der Waals surface area contributed by atoms with Crippen molar-refractivity contribution in [3.63, 3.8) is 0 Å². The molecule has 1 heterocycles. The summed E-state index contributed by atoms with van der Waals surface area (Å²) >= 11 is 0. The highest BCUT2D eigenvalue weighted by Crippen LogP contribution is 2.15. The molecule has 0 spiro atoms. The molecule has 0 unspecified atom stereocenters. The van der Waals surface area contributed by atoms with Gasteiger partial charge in [-0.05, 0) is 37.6 Å². The Bertz CT molecular complexity index is 550. The summed E-state index contributed by atoms with van der Waals surface area (Å²) in [5, 5.41) is 12.4. The number of hydrogen-bond donors (Lipinski definition) is 3. The van der Waals surface area contributed by atoms with E-state index in [-0.39, 0.29) is 5.91 Å². The molecule has 0 saturated heterocycles. The Labute approximate surface area is 111 Å². The van der Waals surface area contributed by atoms with Gasteiger partial charge in [0.25, 0.3) is 5.91 Å². The lowest BCUT2D eigenvalue weighted by atomic mass is 10.1. The Balaban J connectivity index is 2.02. The summed E-state index contributed by atoms with van der Waals surface area (Å²) in [7, 11) is 0. The number of carbonyl (C=O) groups is 1. The minimum atomic E-state index is -0.114. The van der Waals surface area contributed by atoms with Gasteiger partial charge in [-0.1, -0.05) is 0 Å². The van der Waals surface area contributed by atoms with E-state index in [1.807, 2.05) is 32.0 Å². The molecular weight excluding hydrogens is 242 g/mol. The fraction of sp³-hybridized carbons (Fsp3) is 0.308. The summed E-state index contributed by atoms with van der Waals surface area (Å²) < 4.78 is 0. The number of nitrogens with zero attached hydrogens (tertiary/aromatic N) is 2. The van der Waals surface area contributed by atoms with Crippen LogP contribution in [0.1, 0.15) is 28.7 Å². The lowest BCUT2D eigenvalue weighted by molar-refractivity contribution is 0.0949. The van der Waals surface area contributed by atoms with Gasteiger partial charge in [0, 0.05) is 17.8 Å². The Hall–Kier alpha value is -2.37. The number of rotatable bonds is 5. The monoisotopic (exact) mass is 259 g/mol. The van der Waals surface area contributed by atoms with Crippen molar-refractivity contribution in [2.45, 2.75) is 20.4 Å². The van der Waals surface area contributed by atoms with Gasteiger partial charge >= 0.3 is 0 Å². The Kier molecular flexibility index (Phi) is 4.12. The average molecular weight is 259 g/mol. The van der Waals surface area contributed by atoms with Crippen LogP contribution in [0.3, 0.4) is 0 Å². The fourth-order valence-electron chi connectivity index (χ4n) is 1.81. The fourth-order valence-corrected chi connectivity index (χ4v) is 1.81. The number of benzene rings is 1. The second kappa shape index (κ2) is 5.99. The van der Waals surface area contributed by atoms with Gasteiger partial charge in [0.2, 0.25) is 0 Å². The van der Waals surface area contributed by atoms with E-state index < -0.39 is 0 Å². The molecule has 2 aromatic rings. The van der Waals surface area contributed by atoms with Gasteiger partial charge in [-0.3, -0.25) is 9.89 Å². The zero-order valence-corrected chi connectivity index (χ0v) is 11.0. The maximum absolute atomic E-state index is 12.0. The van der Waals surface area contributed by atoms with Gasteiger partial charge in [-0.15, -0.1) is 0 Å². The first-order chi connectivity index (χ1) is 9.20. The highest BCUT2D eigenvalue weighted by atomic mass is 16.1. The third-order valence-electron chi connectivity index (χ3n) is 2.73. The maximum atomic E-state index is 12.0. The number of hydrogen-bond acceptors (Lipinski definition) is 4. The number of anilines is 1. The van der Waals surface area contributed by atoms with Crippen LogP contribution in [0.4, 0.5) is 5.69 Å². The minimum Gasteiger partial charge on any atom is -0.385 e. The van der Waals surface area contributed by atoms with Gasteiger partial charge in [-0.25, -0.2) is 4.98 Å². The first-order valence-electron chi connectivity index (χ1n) is 6.17. The van der Waals surface area contributed by atoms with E-state index in [1.165, 1.54) is 6.33 Å². The highest BCUT2D eigenvalue weighted by molar-refractivity contribution is 5.95. The van der Waals surface area contributed by atoms with Crippen LogP contribution >= 0.6 is 0 Å². The van der Waals surface area contributed by atoms with Gasteiger partial charge in [-0.2, -0.15) is 5.10 Å². The molecule has 1 aromatic carbocycles. The molecule has 0 aliphatic carbocycles. The maximum Gasteiger partial charge on any atom is 0.251 e. The smallest absolute Gasteiger partial charge is 0.251 e. The van der Waals surface area contributed by atoms with Gasteiger partial charge in [0.1, 0.15) is 12.2 Å². The lowest BCUT2D eigenvalue weighted by Gasteiger charge is -2.09. The topological polar surface area (TPSA) is 82.7 Å². The third kappa shape index (κ3) is 3.31. The van der Waals surface area contributed by atoms with Crippen LogP contribution in [0.15, 0.2) is 24.5 Å². The molecule has 1 amide bonds. The second-order valence-corrected chi connectivity index (χ2v) is 4.17. The van der Waals surface area contributed by atoms with Crippen molar-refractivity contribution in [3.8, 4) is 0 Å². The van der Waals surface area contributed by atoms with Crippen LogP contribution in [-0.4, -0.2) is 27.6 Å². The highest BCUT2D eigenvalue weighted by Gasteiger charge is 2.09. The molecule has 1 aromatic heterocycles. The van der Waals surface area contributed by atoms with Crippen LogP contribution in [0.2, 0.25) is 0 Å². The van der Waals surface area contributed by atoms with Crippen molar-refractivity contribution in [2.75, 3.05) is 11.9 Å². The van der Waals surface area contributed by atoms with Crippen molar-refractivity contribution in [2.24, 2.45) is 0 Å². The van der Waals surface area contributed by atoms with Crippen molar-refractivity contribution in [1.29, 1.82) is 0 Å². The SMILES string of the molecule is CCNc1ccc(C(=O)NCc2ncn[nH]2)c(C)c1. The summed E-state index contributed by atoms with van der Waals surface area (Å²) in [4.78, 5) is 16.0. The molecule has 0 bridgehead atoms. The van der Waals surface area contributed by atoms with Gasteiger partial charge < -0.3 is 10.6 Å². The predicted octanol–water partition coefficient (Wildman–Crippen LogP) is 1.47. The quantitative estimate of drug-likeness (QED) is 0.759. The van der Waals surface area contributed by atoms with Gasteiger partial charge in [0.15, 0.2) is 0 Å². The summed E-state index contributed by atoms with van der Waals surface area (Å²) in [5.74, 6) is 0.521. The molecule has 19 heavy (non-hydrogen) atoms. The van der Waals surface area contributed by atoms with E-state index in [2.05, 4.69) is 25.8 Å². The van der Waals surface area contributed by atoms with Crippen LogP contribution in [0.5, 0.6) is 0 Å². The molecule has 0 saturated carbocycles. The van der Waals surface area contributed by atoms with E-state index in [1.54, 1.807) is 0 Å². The second-order valence-electron chi connectivity index (χ2n) is 4.17.